The summed E-state index contributed by atoms with van der Waals surface area (Å²) in [4.78, 5) is 12.3. The molecule has 14 heteroatoms. The van der Waals surface area contributed by atoms with Gasteiger partial charge in [0.2, 0.25) is 15.9 Å². The number of aryl methyl sites for hydroxylation is 1. The molecule has 0 aliphatic rings. The van der Waals surface area contributed by atoms with Gasteiger partial charge in [0.1, 0.15) is 6.54 Å². The summed E-state index contributed by atoms with van der Waals surface area (Å²) >= 11 is 5.56. The van der Waals surface area contributed by atoms with Crippen LogP contribution in [0.1, 0.15) is 11.1 Å². The number of nitrogens with zero attached hydrogens (tertiary/aromatic N) is 1. The van der Waals surface area contributed by atoms with E-state index < -0.39 is 49.3 Å². The largest absolute Gasteiger partial charge is 0.417 e. The average molecular weight is 576 g/mol. The van der Waals surface area contributed by atoms with E-state index in [9.17, 15) is 34.8 Å². The fraction of sp³-hybridized carbons (Fsp3) is 0.174. The third kappa shape index (κ3) is 7.37. The van der Waals surface area contributed by atoms with E-state index in [1.165, 1.54) is 12.1 Å². The summed E-state index contributed by atoms with van der Waals surface area (Å²) in [5.41, 5.74) is -0.258. The topological polar surface area (TPSA) is 113 Å². The van der Waals surface area contributed by atoms with Crippen LogP contribution < -0.4 is 14.3 Å². The van der Waals surface area contributed by atoms with E-state index >= 15 is 0 Å². The first-order valence-corrected chi connectivity index (χ1v) is 14.1. The van der Waals surface area contributed by atoms with Crippen molar-refractivity contribution < 1.29 is 34.8 Å². The SMILES string of the molecule is Cc1cccc(N(CC(=O)Nc2ccc(S(=O)(=O)Nc3ccc(Cl)c(C(F)(F)F)c3)cc2)S(C)(=O)=O)c1. The minimum atomic E-state index is -4.77. The molecule has 3 aromatic rings. The molecule has 0 spiro atoms. The van der Waals surface area contributed by atoms with Crippen LogP contribution in [0.4, 0.5) is 30.2 Å². The van der Waals surface area contributed by atoms with Crippen LogP contribution in [-0.4, -0.2) is 35.5 Å². The van der Waals surface area contributed by atoms with Crippen molar-refractivity contribution in [1.82, 2.24) is 0 Å². The molecular formula is C23H21ClF3N3O5S2. The molecular weight excluding hydrogens is 555 g/mol. The molecule has 0 atom stereocenters. The second-order valence-corrected chi connectivity index (χ2v) is 12.0. The molecule has 0 unspecified atom stereocenters. The van der Waals surface area contributed by atoms with Crippen molar-refractivity contribution in [3.8, 4) is 0 Å². The maximum absolute atomic E-state index is 13.1. The molecule has 0 fully saturated rings. The van der Waals surface area contributed by atoms with E-state index in [1.54, 1.807) is 31.2 Å². The standard InChI is InChI=1S/C23H21ClF3N3O5S2/c1-15-4-3-5-18(12-15)30(36(2,32)33)14-22(31)28-16-6-9-19(10-7-16)37(34,35)29-17-8-11-21(24)20(13-17)23(25,26)27/h3-13,29H,14H2,1-2H3,(H,28,31). The van der Waals surface area contributed by atoms with Gasteiger partial charge in [-0.05, 0) is 67.1 Å². The van der Waals surface area contributed by atoms with E-state index in [-0.39, 0.29) is 16.3 Å². The second-order valence-electron chi connectivity index (χ2n) is 7.98. The zero-order valence-corrected chi connectivity index (χ0v) is 21.8. The predicted octanol–water partition coefficient (Wildman–Crippen LogP) is 4.87. The monoisotopic (exact) mass is 575 g/mol. The molecule has 198 valence electrons. The van der Waals surface area contributed by atoms with Crippen molar-refractivity contribution in [2.75, 3.05) is 27.1 Å². The number of halogens is 4. The first kappa shape index (κ1) is 28.3. The van der Waals surface area contributed by atoms with Crippen LogP contribution in [0.15, 0.2) is 71.6 Å². The van der Waals surface area contributed by atoms with Gasteiger partial charge in [-0.25, -0.2) is 16.8 Å². The van der Waals surface area contributed by atoms with Gasteiger partial charge in [0, 0.05) is 11.4 Å². The lowest BCUT2D eigenvalue weighted by atomic mass is 10.2. The third-order valence-corrected chi connectivity index (χ3v) is 7.82. The van der Waals surface area contributed by atoms with Crippen LogP contribution in [-0.2, 0) is 31.0 Å². The molecule has 1 amide bonds. The molecule has 8 nitrogen and oxygen atoms in total. The highest BCUT2D eigenvalue weighted by Crippen LogP contribution is 2.36. The van der Waals surface area contributed by atoms with Gasteiger partial charge in [0.15, 0.2) is 0 Å². The van der Waals surface area contributed by atoms with E-state index in [1.807, 2.05) is 0 Å². The molecule has 0 bridgehead atoms. The first-order chi connectivity index (χ1) is 17.1. The first-order valence-electron chi connectivity index (χ1n) is 10.4. The van der Waals surface area contributed by atoms with Gasteiger partial charge in [0.05, 0.1) is 27.4 Å². The van der Waals surface area contributed by atoms with Gasteiger partial charge in [-0.15, -0.1) is 0 Å². The van der Waals surface area contributed by atoms with E-state index in [0.717, 1.165) is 40.4 Å². The Balaban J connectivity index is 1.73. The van der Waals surface area contributed by atoms with Crippen molar-refractivity contribution in [1.29, 1.82) is 0 Å². The molecule has 3 aromatic carbocycles. The zero-order chi connectivity index (χ0) is 27.6. The number of amides is 1. The smallest absolute Gasteiger partial charge is 0.325 e. The predicted molar refractivity (Wildman–Crippen MR) is 136 cm³/mol. The van der Waals surface area contributed by atoms with E-state index in [4.69, 9.17) is 11.6 Å². The van der Waals surface area contributed by atoms with Gasteiger partial charge in [-0.2, -0.15) is 13.2 Å². The molecule has 0 aliphatic carbocycles. The number of alkyl halides is 3. The molecule has 0 aliphatic heterocycles. The molecule has 0 heterocycles. The Hall–Kier alpha value is -3.29. The highest BCUT2D eigenvalue weighted by molar-refractivity contribution is 7.92. The van der Waals surface area contributed by atoms with Crippen LogP contribution in [0, 0.1) is 6.92 Å². The van der Waals surface area contributed by atoms with Crippen LogP contribution >= 0.6 is 11.6 Å². The van der Waals surface area contributed by atoms with Gasteiger partial charge < -0.3 is 5.32 Å². The van der Waals surface area contributed by atoms with Crippen molar-refractivity contribution in [3.05, 3.63) is 82.9 Å². The van der Waals surface area contributed by atoms with Crippen molar-refractivity contribution in [2.24, 2.45) is 0 Å². The Morgan fingerprint density at radius 1 is 0.946 bits per heavy atom. The Labute approximate surface area is 217 Å². The third-order valence-electron chi connectivity index (χ3n) is 4.95. The summed E-state index contributed by atoms with van der Waals surface area (Å²) < 4.78 is 91.9. The molecule has 0 saturated heterocycles. The summed E-state index contributed by atoms with van der Waals surface area (Å²) in [5, 5.41) is 1.91. The lowest BCUT2D eigenvalue weighted by Gasteiger charge is -2.22. The van der Waals surface area contributed by atoms with Crippen LogP contribution in [0.5, 0.6) is 0 Å². The molecule has 0 aromatic heterocycles. The summed E-state index contributed by atoms with van der Waals surface area (Å²) in [6, 6.07) is 14.0. The highest BCUT2D eigenvalue weighted by Gasteiger charge is 2.33. The Morgan fingerprint density at radius 3 is 2.14 bits per heavy atom. The number of carbonyl (C=O) groups is 1. The fourth-order valence-electron chi connectivity index (χ4n) is 3.25. The van der Waals surface area contributed by atoms with Gasteiger partial charge in [-0.3, -0.25) is 13.8 Å². The molecule has 0 radical (unpaired) electrons. The lowest BCUT2D eigenvalue weighted by Crippen LogP contribution is -2.37. The summed E-state index contributed by atoms with van der Waals surface area (Å²) in [6.07, 6.45) is -3.81. The lowest BCUT2D eigenvalue weighted by molar-refractivity contribution is -0.137. The zero-order valence-electron chi connectivity index (χ0n) is 19.4. The van der Waals surface area contributed by atoms with Crippen LogP contribution in [0.3, 0.4) is 0 Å². The van der Waals surface area contributed by atoms with Gasteiger partial charge >= 0.3 is 6.18 Å². The van der Waals surface area contributed by atoms with Crippen LogP contribution in [0.2, 0.25) is 5.02 Å². The number of sulfonamides is 2. The molecule has 37 heavy (non-hydrogen) atoms. The molecule has 3 rings (SSSR count). The summed E-state index contributed by atoms with van der Waals surface area (Å²) in [7, 11) is -8.06. The Bertz CT molecular complexity index is 1530. The van der Waals surface area contributed by atoms with Crippen molar-refractivity contribution in [2.45, 2.75) is 18.0 Å². The van der Waals surface area contributed by atoms with Crippen LogP contribution in [0.25, 0.3) is 0 Å². The highest BCUT2D eigenvalue weighted by atomic mass is 35.5. The van der Waals surface area contributed by atoms with E-state index in [2.05, 4.69) is 10.0 Å². The molecule has 2 N–H and O–H groups in total. The average Bonchev–Trinajstić information content (AvgIpc) is 2.77. The second kappa shape index (κ2) is 10.6. The minimum absolute atomic E-state index is 0.174. The summed E-state index contributed by atoms with van der Waals surface area (Å²) in [6.45, 7) is 1.25. The number of rotatable bonds is 8. The molecule has 0 saturated carbocycles. The van der Waals surface area contributed by atoms with Crippen molar-refractivity contribution in [3.63, 3.8) is 0 Å². The minimum Gasteiger partial charge on any atom is -0.325 e. The normalized spacial score (nSPS) is 12.2. The fourth-order valence-corrected chi connectivity index (χ4v) is 5.37. The van der Waals surface area contributed by atoms with E-state index in [0.29, 0.717) is 11.8 Å². The quantitative estimate of drug-likeness (QED) is 0.398. The van der Waals surface area contributed by atoms with Crippen molar-refractivity contribution >= 4 is 54.6 Å². The van der Waals surface area contributed by atoms with Gasteiger partial charge in [0.25, 0.3) is 10.0 Å². The Kier molecular flexibility index (Phi) is 8.10. The number of hydrogen-bond donors (Lipinski definition) is 2. The van der Waals surface area contributed by atoms with Gasteiger partial charge in [-0.1, -0.05) is 23.7 Å². The summed E-state index contributed by atoms with van der Waals surface area (Å²) in [5.74, 6) is -0.679. The number of nitrogens with one attached hydrogen (secondary N) is 2. The maximum Gasteiger partial charge on any atom is 0.417 e. The maximum atomic E-state index is 13.1. The number of carbonyl (C=O) groups excluding carboxylic acids is 1. The number of hydrogen-bond acceptors (Lipinski definition) is 5. The Morgan fingerprint density at radius 2 is 1.57 bits per heavy atom. The number of benzene rings is 3. The number of anilines is 3.